The van der Waals surface area contributed by atoms with E-state index in [1.165, 1.54) is 18.2 Å². The fraction of sp³-hybridized carbons (Fsp3) is 0.250. The molecule has 5 nitrogen and oxygen atoms in total. The smallest absolute Gasteiger partial charge is 0.246 e. The molecule has 0 radical (unpaired) electrons. The molecule has 0 aliphatic carbocycles. The van der Waals surface area contributed by atoms with Crippen molar-refractivity contribution in [3.05, 3.63) is 87.8 Å². The predicted molar refractivity (Wildman–Crippen MR) is 120 cm³/mol. The second kappa shape index (κ2) is 8.79. The summed E-state index contributed by atoms with van der Waals surface area (Å²) in [4.78, 5) is 28.4. The normalized spacial score (nSPS) is 12.7. The van der Waals surface area contributed by atoms with E-state index in [4.69, 9.17) is 4.74 Å². The molecule has 1 aliphatic heterocycles. The first-order valence-electron chi connectivity index (χ1n) is 9.90. The lowest BCUT2D eigenvalue weighted by Crippen LogP contribution is -2.33. The van der Waals surface area contributed by atoms with Gasteiger partial charge in [-0.15, -0.1) is 11.8 Å². The molecule has 2 heterocycles. The number of para-hydroxylation sites is 1. The van der Waals surface area contributed by atoms with E-state index in [0.29, 0.717) is 12.3 Å². The van der Waals surface area contributed by atoms with E-state index in [9.17, 15) is 9.59 Å². The van der Waals surface area contributed by atoms with Gasteiger partial charge in [-0.3, -0.25) is 9.59 Å². The molecule has 1 aromatic heterocycles. The molecule has 6 heteroatoms. The minimum Gasteiger partial charge on any atom is -0.491 e. The summed E-state index contributed by atoms with van der Waals surface area (Å²) in [7, 11) is 1.47. The standard InChI is InChI=1S/C24H24N2O3S/c1-17-7-9-20(10-8-17)30-16-19-13-22(27)23(29-2)14-25(19)15-24(28)26-12-11-18-5-3-4-6-21(18)26/h3-10,13-14H,11-12,15-16H2,1-2H3. The van der Waals surface area contributed by atoms with Crippen molar-refractivity contribution in [3.63, 3.8) is 0 Å². The van der Waals surface area contributed by atoms with Crippen LogP contribution in [-0.4, -0.2) is 24.1 Å². The Labute approximate surface area is 180 Å². The lowest BCUT2D eigenvalue weighted by Gasteiger charge is -2.20. The van der Waals surface area contributed by atoms with Gasteiger partial charge >= 0.3 is 0 Å². The highest BCUT2D eigenvalue weighted by Crippen LogP contribution is 2.28. The second-order valence-corrected chi connectivity index (χ2v) is 8.40. The van der Waals surface area contributed by atoms with Gasteiger partial charge in [0.05, 0.1) is 13.3 Å². The lowest BCUT2D eigenvalue weighted by molar-refractivity contribution is -0.119. The molecule has 1 aliphatic rings. The number of ether oxygens (including phenoxy) is 1. The minimum atomic E-state index is -0.174. The van der Waals surface area contributed by atoms with Crippen LogP contribution in [-0.2, 0) is 23.5 Å². The Morgan fingerprint density at radius 2 is 1.90 bits per heavy atom. The molecular weight excluding hydrogens is 396 g/mol. The van der Waals surface area contributed by atoms with Crippen molar-refractivity contribution in [1.82, 2.24) is 4.57 Å². The molecular formula is C24H24N2O3S. The topological polar surface area (TPSA) is 51.5 Å². The summed E-state index contributed by atoms with van der Waals surface area (Å²) in [5.41, 5.74) is 4.00. The molecule has 0 saturated carbocycles. The Morgan fingerprint density at radius 3 is 2.67 bits per heavy atom. The number of pyridine rings is 1. The highest BCUT2D eigenvalue weighted by molar-refractivity contribution is 7.98. The first kappa shape index (κ1) is 20.3. The summed E-state index contributed by atoms with van der Waals surface area (Å²) in [5, 5.41) is 0. The fourth-order valence-electron chi connectivity index (χ4n) is 3.64. The van der Waals surface area contributed by atoms with E-state index in [-0.39, 0.29) is 23.6 Å². The average molecular weight is 421 g/mol. The Bertz CT molecular complexity index is 1120. The summed E-state index contributed by atoms with van der Waals surface area (Å²) in [6, 6.07) is 17.8. The van der Waals surface area contributed by atoms with Crippen molar-refractivity contribution in [3.8, 4) is 5.75 Å². The molecule has 3 aromatic rings. The van der Waals surface area contributed by atoms with Gasteiger partial charge in [-0.25, -0.2) is 0 Å². The molecule has 0 N–H and O–H groups in total. The van der Waals surface area contributed by atoms with Gasteiger partial charge in [-0.2, -0.15) is 0 Å². The number of amides is 1. The van der Waals surface area contributed by atoms with Gasteiger partial charge in [-0.1, -0.05) is 35.9 Å². The van der Waals surface area contributed by atoms with E-state index in [1.54, 1.807) is 24.0 Å². The van der Waals surface area contributed by atoms with Crippen LogP contribution in [0.2, 0.25) is 0 Å². The fourth-order valence-corrected chi connectivity index (χ4v) is 4.53. The number of fused-ring (bicyclic) bond motifs is 1. The summed E-state index contributed by atoms with van der Waals surface area (Å²) < 4.78 is 7.05. The second-order valence-electron chi connectivity index (χ2n) is 7.35. The molecule has 154 valence electrons. The van der Waals surface area contributed by atoms with Gasteiger partial charge in [-0.05, 0) is 37.1 Å². The number of aromatic nitrogens is 1. The first-order chi connectivity index (χ1) is 14.5. The molecule has 1 amide bonds. The van der Waals surface area contributed by atoms with Crippen LogP contribution in [0.4, 0.5) is 5.69 Å². The molecule has 0 fully saturated rings. The maximum Gasteiger partial charge on any atom is 0.246 e. The van der Waals surface area contributed by atoms with Crippen molar-refractivity contribution in [1.29, 1.82) is 0 Å². The number of rotatable bonds is 6. The number of aryl methyl sites for hydroxylation is 1. The van der Waals surface area contributed by atoms with Gasteiger partial charge < -0.3 is 14.2 Å². The van der Waals surface area contributed by atoms with Crippen LogP contribution in [0.5, 0.6) is 5.75 Å². The number of anilines is 1. The lowest BCUT2D eigenvalue weighted by atomic mass is 10.2. The third kappa shape index (κ3) is 4.28. The van der Waals surface area contributed by atoms with Crippen LogP contribution in [0, 0.1) is 6.92 Å². The van der Waals surface area contributed by atoms with E-state index in [1.807, 2.05) is 27.7 Å². The SMILES string of the molecule is COc1cn(CC(=O)N2CCc3ccccc32)c(CSc2ccc(C)cc2)cc1=O. The van der Waals surface area contributed by atoms with Gasteiger partial charge in [0, 0.05) is 34.6 Å². The number of hydrogen-bond acceptors (Lipinski definition) is 4. The number of hydrogen-bond donors (Lipinski definition) is 0. The summed E-state index contributed by atoms with van der Waals surface area (Å²) in [5.74, 6) is 0.840. The molecule has 0 bridgehead atoms. The Hall–Kier alpha value is -2.99. The molecule has 30 heavy (non-hydrogen) atoms. The Kier molecular flexibility index (Phi) is 5.95. The minimum absolute atomic E-state index is 0.00670. The largest absolute Gasteiger partial charge is 0.491 e. The van der Waals surface area contributed by atoms with E-state index in [0.717, 1.165) is 22.7 Å². The molecule has 0 saturated heterocycles. The van der Waals surface area contributed by atoms with Gasteiger partial charge in [0.2, 0.25) is 11.3 Å². The number of thioether (sulfide) groups is 1. The molecule has 0 unspecified atom stereocenters. The number of carbonyl (C=O) groups is 1. The van der Waals surface area contributed by atoms with E-state index < -0.39 is 0 Å². The Morgan fingerprint density at radius 1 is 1.13 bits per heavy atom. The van der Waals surface area contributed by atoms with Crippen LogP contribution in [0.1, 0.15) is 16.8 Å². The van der Waals surface area contributed by atoms with Crippen molar-refractivity contribution in [2.75, 3.05) is 18.6 Å². The summed E-state index contributed by atoms with van der Waals surface area (Å²) in [6.45, 7) is 2.90. The van der Waals surface area contributed by atoms with Crippen molar-refractivity contribution in [2.45, 2.75) is 30.5 Å². The molecule has 0 atom stereocenters. The maximum absolute atomic E-state index is 13.1. The highest BCUT2D eigenvalue weighted by atomic mass is 32.2. The van der Waals surface area contributed by atoms with Crippen LogP contribution in [0.3, 0.4) is 0 Å². The van der Waals surface area contributed by atoms with Crippen molar-refractivity contribution in [2.24, 2.45) is 0 Å². The van der Waals surface area contributed by atoms with Crippen LogP contribution >= 0.6 is 11.8 Å². The maximum atomic E-state index is 13.1. The summed E-state index contributed by atoms with van der Waals surface area (Å²) >= 11 is 1.64. The van der Waals surface area contributed by atoms with Crippen LogP contribution in [0.25, 0.3) is 0 Å². The summed E-state index contributed by atoms with van der Waals surface area (Å²) in [6.07, 6.45) is 2.51. The zero-order valence-corrected chi connectivity index (χ0v) is 17.9. The van der Waals surface area contributed by atoms with E-state index in [2.05, 4.69) is 37.3 Å². The van der Waals surface area contributed by atoms with Gasteiger partial charge in [0.1, 0.15) is 6.54 Å². The number of carbonyl (C=O) groups excluding carboxylic acids is 1. The van der Waals surface area contributed by atoms with Crippen molar-refractivity contribution < 1.29 is 9.53 Å². The quantitative estimate of drug-likeness (QED) is 0.565. The highest BCUT2D eigenvalue weighted by Gasteiger charge is 2.24. The number of methoxy groups -OCH3 is 1. The number of nitrogens with zero attached hydrogens (tertiary/aromatic N) is 2. The monoisotopic (exact) mass is 420 g/mol. The van der Waals surface area contributed by atoms with Crippen molar-refractivity contribution >= 4 is 23.4 Å². The third-order valence-electron chi connectivity index (χ3n) is 5.30. The van der Waals surface area contributed by atoms with Gasteiger partial charge in [0.15, 0.2) is 5.75 Å². The van der Waals surface area contributed by atoms with Crippen LogP contribution in [0.15, 0.2) is 70.5 Å². The predicted octanol–water partition coefficient (Wildman–Crippen LogP) is 4.05. The molecule has 2 aromatic carbocycles. The average Bonchev–Trinajstić information content (AvgIpc) is 3.19. The molecule has 0 spiro atoms. The molecule has 4 rings (SSSR count). The zero-order chi connectivity index (χ0) is 21.1. The zero-order valence-electron chi connectivity index (χ0n) is 17.1. The van der Waals surface area contributed by atoms with E-state index >= 15 is 0 Å². The Balaban J connectivity index is 1.57. The van der Waals surface area contributed by atoms with Gasteiger partial charge in [0.25, 0.3) is 0 Å². The third-order valence-corrected chi connectivity index (χ3v) is 6.35. The number of benzene rings is 2. The van der Waals surface area contributed by atoms with Crippen LogP contribution < -0.4 is 15.1 Å². The first-order valence-corrected chi connectivity index (χ1v) is 10.9.